The highest BCUT2D eigenvalue weighted by Gasteiger charge is 2.38. The number of amides is 1. The van der Waals surface area contributed by atoms with E-state index in [-0.39, 0.29) is 5.91 Å². The highest BCUT2D eigenvalue weighted by atomic mass is 16.1. The fourth-order valence-corrected chi connectivity index (χ4v) is 4.27. The third-order valence-corrected chi connectivity index (χ3v) is 5.60. The Bertz CT molecular complexity index is 512. The van der Waals surface area contributed by atoms with E-state index in [9.17, 15) is 4.79 Å². The number of rotatable bonds is 2. The van der Waals surface area contributed by atoms with E-state index in [4.69, 9.17) is 0 Å². The summed E-state index contributed by atoms with van der Waals surface area (Å²) in [6.07, 6.45) is 11.1. The molecule has 4 heteroatoms. The third-order valence-electron chi connectivity index (χ3n) is 5.60. The van der Waals surface area contributed by atoms with Crippen LogP contribution in [0.5, 0.6) is 0 Å². The summed E-state index contributed by atoms with van der Waals surface area (Å²) >= 11 is 0. The number of nitrogens with zero attached hydrogens (tertiary/aromatic N) is 1. The van der Waals surface area contributed by atoms with Crippen LogP contribution in [0.4, 0.5) is 5.82 Å². The molecule has 2 heterocycles. The normalized spacial score (nSPS) is 27.8. The smallest absolute Gasteiger partial charge is 0.226 e. The van der Waals surface area contributed by atoms with Gasteiger partial charge in [0.25, 0.3) is 0 Å². The van der Waals surface area contributed by atoms with Crippen LogP contribution < -0.4 is 5.32 Å². The van der Waals surface area contributed by atoms with Gasteiger partial charge in [0.05, 0.1) is 0 Å². The maximum atomic E-state index is 12.0. The highest BCUT2D eigenvalue weighted by Crippen LogP contribution is 2.48. The number of H-pyrrole nitrogens is 1. The van der Waals surface area contributed by atoms with Gasteiger partial charge in [-0.1, -0.05) is 25.7 Å². The van der Waals surface area contributed by atoms with Crippen LogP contribution in [-0.2, 0) is 4.79 Å². The molecule has 0 saturated heterocycles. The Morgan fingerprint density at radius 2 is 1.80 bits per heavy atom. The Morgan fingerprint density at radius 3 is 2.50 bits per heavy atom. The largest absolute Gasteiger partial charge is 0.309 e. The molecule has 1 atom stereocenters. The second-order valence-corrected chi connectivity index (χ2v) is 6.78. The number of hydrogen-bond donors (Lipinski definition) is 2. The number of aromatic nitrogens is 2. The summed E-state index contributed by atoms with van der Waals surface area (Å²) in [6, 6.07) is 0. The number of carbonyl (C=O) groups is 1. The Hall–Kier alpha value is -1.32. The van der Waals surface area contributed by atoms with Gasteiger partial charge in [-0.05, 0) is 31.6 Å². The Kier molecular flexibility index (Phi) is 3.04. The van der Waals surface area contributed by atoms with E-state index < -0.39 is 0 Å². The van der Waals surface area contributed by atoms with E-state index in [1.165, 1.54) is 62.6 Å². The van der Waals surface area contributed by atoms with Crippen LogP contribution >= 0.6 is 0 Å². The zero-order valence-corrected chi connectivity index (χ0v) is 12.0. The number of aromatic amines is 1. The standard InChI is InChI=1S/C16H23N3O/c20-13-9-12(10-5-2-1-3-6-10)14-15(11-7-4-8-11)18-19-16(14)17-13/h10-12H,1-9H2,(H2,17,18,19,20). The Labute approximate surface area is 119 Å². The molecule has 108 valence electrons. The van der Waals surface area contributed by atoms with Crippen LogP contribution in [0.2, 0.25) is 0 Å². The molecule has 3 aliphatic rings. The summed E-state index contributed by atoms with van der Waals surface area (Å²) in [6.45, 7) is 0. The van der Waals surface area contributed by atoms with Crippen molar-refractivity contribution < 1.29 is 4.79 Å². The van der Waals surface area contributed by atoms with Crippen LogP contribution in [0.15, 0.2) is 0 Å². The van der Waals surface area contributed by atoms with Gasteiger partial charge in [-0.25, -0.2) is 0 Å². The van der Waals surface area contributed by atoms with Crippen molar-refractivity contribution in [3.05, 3.63) is 11.3 Å². The molecule has 2 N–H and O–H groups in total. The number of nitrogens with one attached hydrogen (secondary N) is 2. The zero-order valence-electron chi connectivity index (χ0n) is 12.0. The second kappa shape index (κ2) is 4.90. The third kappa shape index (κ3) is 1.97. The first-order chi connectivity index (χ1) is 9.83. The zero-order chi connectivity index (χ0) is 13.5. The summed E-state index contributed by atoms with van der Waals surface area (Å²) in [5.74, 6) is 2.74. The van der Waals surface area contributed by atoms with E-state index in [1.807, 2.05) is 0 Å². The summed E-state index contributed by atoms with van der Waals surface area (Å²) < 4.78 is 0. The molecule has 0 spiro atoms. The average molecular weight is 273 g/mol. The van der Waals surface area contributed by atoms with Gasteiger partial charge >= 0.3 is 0 Å². The van der Waals surface area contributed by atoms with Gasteiger partial charge in [0.1, 0.15) is 0 Å². The summed E-state index contributed by atoms with van der Waals surface area (Å²) in [7, 11) is 0. The number of carbonyl (C=O) groups excluding carboxylic acids is 1. The predicted octanol–water partition coefficient (Wildman–Crippen LogP) is 3.68. The summed E-state index contributed by atoms with van der Waals surface area (Å²) in [5.41, 5.74) is 2.70. The molecule has 1 amide bonds. The van der Waals surface area contributed by atoms with Crippen LogP contribution in [0, 0.1) is 5.92 Å². The number of anilines is 1. The molecule has 1 aliphatic heterocycles. The molecule has 1 aromatic rings. The molecule has 1 unspecified atom stereocenters. The minimum Gasteiger partial charge on any atom is -0.309 e. The quantitative estimate of drug-likeness (QED) is 0.863. The van der Waals surface area contributed by atoms with E-state index in [1.54, 1.807) is 0 Å². The molecule has 0 bridgehead atoms. The predicted molar refractivity (Wildman–Crippen MR) is 77.7 cm³/mol. The number of hydrogen-bond acceptors (Lipinski definition) is 2. The van der Waals surface area contributed by atoms with Crippen molar-refractivity contribution in [2.45, 2.75) is 69.6 Å². The molecule has 4 nitrogen and oxygen atoms in total. The van der Waals surface area contributed by atoms with Gasteiger partial charge in [-0.15, -0.1) is 0 Å². The molecular weight excluding hydrogens is 250 g/mol. The minimum atomic E-state index is 0.153. The van der Waals surface area contributed by atoms with E-state index >= 15 is 0 Å². The van der Waals surface area contributed by atoms with Crippen molar-refractivity contribution in [2.24, 2.45) is 5.92 Å². The van der Waals surface area contributed by atoms with Crippen molar-refractivity contribution in [1.29, 1.82) is 0 Å². The van der Waals surface area contributed by atoms with Crippen molar-refractivity contribution >= 4 is 11.7 Å². The fraction of sp³-hybridized carbons (Fsp3) is 0.750. The number of fused-ring (bicyclic) bond motifs is 1. The lowest BCUT2D eigenvalue weighted by Gasteiger charge is -2.35. The molecule has 2 aliphatic carbocycles. The first-order valence-electron chi connectivity index (χ1n) is 8.21. The topological polar surface area (TPSA) is 57.8 Å². The van der Waals surface area contributed by atoms with E-state index in [0.29, 0.717) is 24.2 Å². The molecule has 20 heavy (non-hydrogen) atoms. The Balaban J connectivity index is 1.69. The van der Waals surface area contributed by atoms with Crippen molar-refractivity contribution in [1.82, 2.24) is 10.2 Å². The maximum absolute atomic E-state index is 12.0. The van der Waals surface area contributed by atoms with Crippen LogP contribution in [-0.4, -0.2) is 16.1 Å². The monoisotopic (exact) mass is 273 g/mol. The van der Waals surface area contributed by atoms with Gasteiger partial charge in [-0.2, -0.15) is 5.10 Å². The van der Waals surface area contributed by atoms with E-state index in [2.05, 4.69) is 15.5 Å². The summed E-state index contributed by atoms with van der Waals surface area (Å²) in [5, 5.41) is 10.6. The SMILES string of the molecule is O=C1CC(C2CCCCC2)c2c(n[nH]c2C2CCC2)N1. The molecule has 1 aromatic heterocycles. The first kappa shape index (κ1) is 12.4. The van der Waals surface area contributed by atoms with Crippen molar-refractivity contribution in [3.8, 4) is 0 Å². The second-order valence-electron chi connectivity index (χ2n) is 6.78. The van der Waals surface area contributed by atoms with Gasteiger partial charge in [-0.3, -0.25) is 9.89 Å². The van der Waals surface area contributed by atoms with Gasteiger partial charge in [0, 0.05) is 29.5 Å². The molecule has 0 radical (unpaired) electrons. The summed E-state index contributed by atoms with van der Waals surface area (Å²) in [4.78, 5) is 12.0. The average Bonchev–Trinajstić information content (AvgIpc) is 2.80. The maximum Gasteiger partial charge on any atom is 0.226 e. The van der Waals surface area contributed by atoms with Crippen molar-refractivity contribution in [3.63, 3.8) is 0 Å². The van der Waals surface area contributed by atoms with E-state index in [0.717, 1.165) is 5.82 Å². The highest BCUT2D eigenvalue weighted by molar-refractivity contribution is 5.93. The lowest BCUT2D eigenvalue weighted by atomic mass is 9.71. The first-order valence-corrected chi connectivity index (χ1v) is 8.21. The molecule has 0 aromatic carbocycles. The molecule has 2 fully saturated rings. The molecule has 4 rings (SSSR count). The van der Waals surface area contributed by atoms with Gasteiger partial charge in [0.15, 0.2) is 5.82 Å². The van der Waals surface area contributed by atoms with Gasteiger partial charge < -0.3 is 5.32 Å². The minimum absolute atomic E-state index is 0.153. The lowest BCUT2D eigenvalue weighted by Crippen LogP contribution is -2.29. The lowest BCUT2D eigenvalue weighted by molar-refractivity contribution is -0.117. The van der Waals surface area contributed by atoms with Gasteiger partial charge in [0.2, 0.25) is 5.91 Å². The van der Waals surface area contributed by atoms with Crippen molar-refractivity contribution in [2.75, 3.05) is 5.32 Å². The molecule has 2 saturated carbocycles. The molecular formula is C16H23N3O. The van der Waals surface area contributed by atoms with Crippen LogP contribution in [0.3, 0.4) is 0 Å². The Morgan fingerprint density at radius 1 is 1.00 bits per heavy atom. The van der Waals surface area contributed by atoms with Crippen LogP contribution in [0.1, 0.15) is 80.9 Å². The van der Waals surface area contributed by atoms with Crippen LogP contribution in [0.25, 0.3) is 0 Å². The fourth-order valence-electron chi connectivity index (χ4n) is 4.27.